The fourth-order valence-corrected chi connectivity index (χ4v) is 4.23. The van der Waals surface area contributed by atoms with Crippen LogP contribution in [0.3, 0.4) is 0 Å². The first-order valence-corrected chi connectivity index (χ1v) is 10.8. The van der Waals surface area contributed by atoms with Gasteiger partial charge in [0.05, 0.1) is 18.6 Å². The van der Waals surface area contributed by atoms with E-state index in [0.29, 0.717) is 17.9 Å². The first kappa shape index (κ1) is 20.6. The summed E-state index contributed by atoms with van der Waals surface area (Å²) in [6.45, 7) is 2.85. The van der Waals surface area contributed by atoms with Gasteiger partial charge < -0.3 is 14.9 Å². The Labute approximate surface area is 183 Å². The van der Waals surface area contributed by atoms with Crippen molar-refractivity contribution in [1.82, 2.24) is 4.57 Å². The third kappa shape index (κ3) is 4.11. The average molecular weight is 471 g/mol. The maximum atomic E-state index is 12.5. The Balaban J connectivity index is 1.66. The molecule has 8 heteroatoms. The summed E-state index contributed by atoms with van der Waals surface area (Å²) in [5, 5.41) is 19.7. The molecule has 3 aromatic rings. The predicted octanol–water partition coefficient (Wildman–Crippen LogP) is 3.74. The van der Waals surface area contributed by atoms with Crippen LogP contribution in [0.2, 0.25) is 0 Å². The van der Waals surface area contributed by atoms with Crippen molar-refractivity contribution in [1.29, 1.82) is 0 Å². The molecule has 2 N–H and O–H groups in total. The summed E-state index contributed by atoms with van der Waals surface area (Å²) < 4.78 is 2.75. The first-order chi connectivity index (χ1) is 14.4. The van der Waals surface area contributed by atoms with Gasteiger partial charge in [-0.2, -0.15) is 0 Å². The number of hydrogen-bond donors (Lipinski definition) is 2. The van der Waals surface area contributed by atoms with E-state index in [1.54, 1.807) is 12.1 Å². The zero-order valence-electron chi connectivity index (χ0n) is 17.1. The lowest BCUT2D eigenvalue weighted by Crippen LogP contribution is -3.09. The number of nitrogens with one attached hydrogen (secondary N) is 1. The number of amides is 1. The molecule has 1 aliphatic rings. The number of aromatic nitrogens is 1. The Morgan fingerprint density at radius 2 is 1.87 bits per heavy atom. The molecule has 0 bridgehead atoms. The summed E-state index contributed by atoms with van der Waals surface area (Å²) >= 11 is 3.48. The number of halogens is 1. The Morgan fingerprint density at radius 3 is 2.53 bits per heavy atom. The number of rotatable bonds is 5. The highest BCUT2D eigenvalue weighted by Gasteiger charge is 2.22. The minimum absolute atomic E-state index is 0.0435. The minimum atomic E-state index is -0.444. The van der Waals surface area contributed by atoms with E-state index < -0.39 is 5.91 Å². The lowest BCUT2D eigenvalue weighted by molar-refractivity contribution is -0.910. The molecular formula is C22H25BrN5O2+. The third-order valence-electron chi connectivity index (χ3n) is 5.54. The molecule has 1 fully saturated rings. The number of carbonyl (C=O) groups is 1. The summed E-state index contributed by atoms with van der Waals surface area (Å²) in [6.07, 6.45) is 2.41. The van der Waals surface area contributed by atoms with E-state index in [9.17, 15) is 9.90 Å². The summed E-state index contributed by atoms with van der Waals surface area (Å²) in [7, 11) is 3.88. The van der Waals surface area contributed by atoms with Gasteiger partial charge in [-0.3, -0.25) is 9.36 Å². The molecule has 30 heavy (non-hydrogen) atoms. The molecule has 7 nitrogen and oxygen atoms in total. The number of anilines is 1. The number of fused-ring (bicyclic) bond motifs is 1. The second-order valence-electron chi connectivity index (χ2n) is 7.82. The lowest BCUT2D eigenvalue weighted by Gasteiger charge is -2.14. The van der Waals surface area contributed by atoms with Crippen LogP contribution in [0.5, 0.6) is 5.88 Å². The van der Waals surface area contributed by atoms with Gasteiger partial charge in [0.2, 0.25) is 5.88 Å². The van der Waals surface area contributed by atoms with Crippen LogP contribution in [0, 0.1) is 0 Å². The molecule has 0 unspecified atom stereocenters. The molecular weight excluding hydrogens is 446 g/mol. The van der Waals surface area contributed by atoms with Crippen LogP contribution in [0.1, 0.15) is 23.2 Å². The lowest BCUT2D eigenvalue weighted by atomic mass is 10.2. The van der Waals surface area contributed by atoms with Gasteiger partial charge in [-0.1, -0.05) is 15.9 Å². The molecule has 1 aliphatic heterocycles. The van der Waals surface area contributed by atoms with E-state index in [2.05, 4.69) is 26.2 Å². The topological polar surface area (TPSA) is 74.6 Å². The van der Waals surface area contributed by atoms with Gasteiger partial charge in [-0.05, 0) is 42.5 Å². The fourth-order valence-electron chi connectivity index (χ4n) is 3.87. The zero-order chi connectivity index (χ0) is 21.3. The minimum Gasteiger partial charge on any atom is -0.493 e. The molecule has 1 amide bonds. The van der Waals surface area contributed by atoms with Crippen LogP contribution < -0.4 is 9.80 Å². The standard InChI is InChI=1S/C22H24BrN5O2/c1-26(2)17-8-5-15(6-9-17)21(29)25-24-20-18-13-16(23)7-10-19(18)28(22(20)30)14-27-11-3-4-12-27/h5-10,13,30H,3-4,11-12,14H2,1-2H3/p+1. The summed E-state index contributed by atoms with van der Waals surface area (Å²) in [5.74, 6) is -0.400. The van der Waals surface area contributed by atoms with Gasteiger partial charge in [0.1, 0.15) is 0 Å². The maximum Gasteiger partial charge on any atom is 0.295 e. The number of aromatic hydroxyl groups is 1. The molecule has 0 spiro atoms. The molecule has 0 aliphatic carbocycles. The highest BCUT2D eigenvalue weighted by atomic mass is 79.9. The van der Waals surface area contributed by atoms with Crippen LogP contribution >= 0.6 is 15.9 Å². The zero-order valence-corrected chi connectivity index (χ0v) is 18.7. The molecule has 1 aromatic heterocycles. The van der Waals surface area contributed by atoms with E-state index in [4.69, 9.17) is 0 Å². The van der Waals surface area contributed by atoms with E-state index in [1.165, 1.54) is 17.7 Å². The number of likely N-dealkylation sites (tertiary alicyclic amines) is 1. The molecule has 0 saturated carbocycles. The van der Waals surface area contributed by atoms with Gasteiger partial charge in [0, 0.05) is 48.0 Å². The van der Waals surface area contributed by atoms with Gasteiger partial charge in [-0.15, -0.1) is 10.2 Å². The normalized spacial score (nSPS) is 14.8. The molecule has 0 atom stereocenters. The van der Waals surface area contributed by atoms with Crippen LogP contribution in [0.4, 0.5) is 11.4 Å². The van der Waals surface area contributed by atoms with E-state index in [1.807, 2.05) is 53.9 Å². The quantitative estimate of drug-likeness (QED) is 0.557. The number of quaternary nitrogens is 1. The number of hydrogen-bond acceptors (Lipinski definition) is 4. The highest BCUT2D eigenvalue weighted by Crippen LogP contribution is 2.39. The largest absolute Gasteiger partial charge is 0.493 e. The van der Waals surface area contributed by atoms with Crippen molar-refractivity contribution in [3.05, 3.63) is 52.5 Å². The van der Waals surface area contributed by atoms with E-state index in [0.717, 1.165) is 34.2 Å². The van der Waals surface area contributed by atoms with Crippen LogP contribution in [-0.2, 0) is 6.67 Å². The van der Waals surface area contributed by atoms with E-state index in [-0.39, 0.29) is 5.88 Å². The fraction of sp³-hybridized carbons (Fsp3) is 0.318. The van der Waals surface area contributed by atoms with Gasteiger partial charge >= 0.3 is 0 Å². The van der Waals surface area contributed by atoms with Crippen molar-refractivity contribution in [2.24, 2.45) is 10.2 Å². The van der Waals surface area contributed by atoms with Crippen molar-refractivity contribution in [2.75, 3.05) is 32.1 Å². The Hall–Kier alpha value is -2.71. The summed E-state index contributed by atoms with van der Waals surface area (Å²) in [5.41, 5.74) is 2.66. The molecule has 4 rings (SSSR count). The Morgan fingerprint density at radius 1 is 1.17 bits per heavy atom. The second-order valence-corrected chi connectivity index (χ2v) is 8.74. The second kappa shape index (κ2) is 8.57. The molecule has 156 valence electrons. The molecule has 1 saturated heterocycles. The Bertz CT molecular complexity index is 1100. The maximum absolute atomic E-state index is 12.5. The summed E-state index contributed by atoms with van der Waals surface area (Å²) in [6, 6.07) is 13.0. The van der Waals surface area contributed by atoms with Crippen molar-refractivity contribution in [3.63, 3.8) is 0 Å². The number of nitrogens with zero attached hydrogens (tertiary/aromatic N) is 4. The van der Waals surface area contributed by atoms with Crippen LogP contribution in [0.15, 0.2) is 57.2 Å². The first-order valence-electron chi connectivity index (χ1n) is 10.0. The average Bonchev–Trinajstić information content (AvgIpc) is 3.33. The molecule has 2 heterocycles. The van der Waals surface area contributed by atoms with Gasteiger partial charge in [0.15, 0.2) is 12.4 Å². The SMILES string of the molecule is CN(C)c1ccc(C(=O)N=Nc2c(O)n(C[NH+]3CCCC3)c3ccc(Br)cc23)cc1. The van der Waals surface area contributed by atoms with Crippen molar-refractivity contribution >= 4 is 44.1 Å². The monoisotopic (exact) mass is 470 g/mol. The van der Waals surface area contributed by atoms with Crippen molar-refractivity contribution < 1.29 is 14.8 Å². The number of carbonyl (C=O) groups excluding carboxylic acids is 1. The van der Waals surface area contributed by atoms with Gasteiger partial charge in [0.25, 0.3) is 5.91 Å². The third-order valence-corrected chi connectivity index (χ3v) is 6.03. The van der Waals surface area contributed by atoms with Gasteiger partial charge in [-0.25, -0.2) is 0 Å². The summed E-state index contributed by atoms with van der Waals surface area (Å²) in [4.78, 5) is 15.9. The van der Waals surface area contributed by atoms with Crippen LogP contribution in [0.25, 0.3) is 10.9 Å². The molecule has 0 radical (unpaired) electrons. The van der Waals surface area contributed by atoms with E-state index >= 15 is 0 Å². The van der Waals surface area contributed by atoms with Crippen molar-refractivity contribution in [3.8, 4) is 5.88 Å². The number of benzene rings is 2. The predicted molar refractivity (Wildman–Crippen MR) is 121 cm³/mol. The highest BCUT2D eigenvalue weighted by molar-refractivity contribution is 9.10. The van der Waals surface area contributed by atoms with Crippen molar-refractivity contribution in [2.45, 2.75) is 19.5 Å². The number of azo groups is 1. The smallest absolute Gasteiger partial charge is 0.295 e. The molecule has 2 aromatic carbocycles. The Kier molecular flexibility index (Phi) is 5.87. The van der Waals surface area contributed by atoms with Crippen LogP contribution in [-0.4, -0.2) is 42.8 Å².